The number of halogens is 1. The number of ether oxygens (including phenoxy) is 1. The lowest BCUT2D eigenvalue weighted by Crippen LogP contribution is -2.46. The molecule has 0 aliphatic carbocycles. The first kappa shape index (κ1) is 24.6. The van der Waals surface area contributed by atoms with Gasteiger partial charge in [-0.2, -0.15) is 0 Å². The Hall–Kier alpha value is -1.99. The Morgan fingerprint density at radius 1 is 1.16 bits per heavy atom. The van der Waals surface area contributed by atoms with Crippen molar-refractivity contribution in [3.63, 3.8) is 0 Å². The maximum atomic E-state index is 12.6. The van der Waals surface area contributed by atoms with Crippen LogP contribution in [0.1, 0.15) is 50.5 Å². The zero-order valence-corrected chi connectivity index (χ0v) is 20.4. The van der Waals surface area contributed by atoms with Gasteiger partial charge in [-0.3, -0.25) is 4.79 Å². The molecule has 2 aliphatic heterocycles. The van der Waals surface area contributed by atoms with Crippen molar-refractivity contribution in [3.05, 3.63) is 28.8 Å². The number of likely N-dealkylation sites (tertiary alicyclic amines) is 2. The molecule has 0 bridgehead atoms. The van der Waals surface area contributed by atoms with E-state index in [4.69, 9.17) is 16.3 Å². The summed E-state index contributed by atoms with van der Waals surface area (Å²) < 4.78 is 6.37. The molecule has 1 aromatic carbocycles. The van der Waals surface area contributed by atoms with Crippen molar-refractivity contribution < 1.29 is 14.3 Å². The highest BCUT2D eigenvalue weighted by atomic mass is 35.5. The molecule has 1 aromatic rings. The highest BCUT2D eigenvalue weighted by Crippen LogP contribution is 2.36. The molecule has 1 N–H and O–H groups in total. The lowest BCUT2D eigenvalue weighted by molar-refractivity contribution is -0.131. The van der Waals surface area contributed by atoms with Gasteiger partial charge in [0, 0.05) is 37.7 Å². The summed E-state index contributed by atoms with van der Waals surface area (Å²) in [5, 5.41) is 3.45. The minimum Gasteiger partial charge on any atom is -0.489 e. The van der Waals surface area contributed by atoms with Gasteiger partial charge in [0.05, 0.1) is 6.54 Å². The molecular formula is C24H37ClN4O3. The van der Waals surface area contributed by atoms with Crippen LogP contribution in [0.25, 0.3) is 0 Å². The minimum absolute atomic E-state index is 0.0133. The Morgan fingerprint density at radius 2 is 1.84 bits per heavy atom. The predicted octanol–water partition coefficient (Wildman–Crippen LogP) is 3.57. The molecule has 0 spiro atoms. The van der Waals surface area contributed by atoms with E-state index in [0.29, 0.717) is 24.0 Å². The second-order valence-corrected chi connectivity index (χ2v) is 9.54. The van der Waals surface area contributed by atoms with E-state index in [1.54, 1.807) is 4.90 Å². The topological polar surface area (TPSA) is 65.1 Å². The van der Waals surface area contributed by atoms with E-state index < -0.39 is 0 Å². The number of hydrogen-bond acceptors (Lipinski definition) is 4. The van der Waals surface area contributed by atoms with Gasteiger partial charge in [-0.05, 0) is 69.8 Å². The second-order valence-electron chi connectivity index (χ2n) is 9.10. The number of rotatable bonds is 8. The molecular weight excluding hydrogens is 428 g/mol. The summed E-state index contributed by atoms with van der Waals surface area (Å²) in [5.74, 6) is 1.16. The summed E-state index contributed by atoms with van der Waals surface area (Å²) in [5.41, 5.74) is 1.17. The number of nitrogens with one attached hydrogen (secondary N) is 1. The second kappa shape index (κ2) is 11.8. The van der Waals surface area contributed by atoms with Crippen molar-refractivity contribution in [1.82, 2.24) is 20.0 Å². The molecule has 2 aliphatic rings. The number of benzene rings is 1. The molecule has 2 saturated heterocycles. The minimum atomic E-state index is -0.128. The summed E-state index contributed by atoms with van der Waals surface area (Å²) in [7, 11) is 4.09. The van der Waals surface area contributed by atoms with E-state index in [9.17, 15) is 9.59 Å². The molecule has 3 rings (SSSR count). The number of hydrogen-bond donors (Lipinski definition) is 1. The number of piperidine rings is 1. The fourth-order valence-electron chi connectivity index (χ4n) is 4.52. The van der Waals surface area contributed by atoms with Crippen LogP contribution in [0, 0.1) is 0 Å². The number of urea groups is 1. The Labute approximate surface area is 197 Å². The van der Waals surface area contributed by atoms with Gasteiger partial charge in [0.1, 0.15) is 11.9 Å². The molecule has 1 atom stereocenters. The monoisotopic (exact) mass is 464 g/mol. The summed E-state index contributed by atoms with van der Waals surface area (Å²) >= 11 is 6.28. The van der Waals surface area contributed by atoms with Gasteiger partial charge in [-0.1, -0.05) is 24.6 Å². The Bertz CT molecular complexity index is 775. The smallest absolute Gasteiger partial charge is 0.317 e. The highest BCUT2D eigenvalue weighted by Gasteiger charge is 2.27. The van der Waals surface area contributed by atoms with Crippen LogP contribution in [0.15, 0.2) is 18.2 Å². The first-order valence-corrected chi connectivity index (χ1v) is 12.2. The highest BCUT2D eigenvalue weighted by molar-refractivity contribution is 6.30. The van der Waals surface area contributed by atoms with E-state index in [1.165, 1.54) is 5.56 Å². The van der Waals surface area contributed by atoms with Crippen LogP contribution in [-0.4, -0.2) is 86.1 Å². The van der Waals surface area contributed by atoms with E-state index >= 15 is 0 Å². The van der Waals surface area contributed by atoms with Gasteiger partial charge in [-0.15, -0.1) is 0 Å². The largest absolute Gasteiger partial charge is 0.489 e. The number of amides is 3. The van der Waals surface area contributed by atoms with Gasteiger partial charge in [-0.25, -0.2) is 4.79 Å². The average molecular weight is 465 g/mol. The number of nitrogens with zero attached hydrogens (tertiary/aromatic N) is 3. The molecule has 3 amide bonds. The van der Waals surface area contributed by atoms with Crippen LogP contribution in [0.5, 0.6) is 5.75 Å². The van der Waals surface area contributed by atoms with Crippen molar-refractivity contribution in [1.29, 1.82) is 0 Å². The van der Waals surface area contributed by atoms with Crippen LogP contribution >= 0.6 is 11.6 Å². The molecule has 0 saturated carbocycles. The molecule has 7 nitrogen and oxygen atoms in total. The zero-order chi connectivity index (χ0) is 23.1. The van der Waals surface area contributed by atoms with Crippen molar-refractivity contribution in [2.45, 2.75) is 51.0 Å². The predicted molar refractivity (Wildman–Crippen MR) is 127 cm³/mol. The van der Waals surface area contributed by atoms with Crippen molar-refractivity contribution in [3.8, 4) is 5.75 Å². The summed E-state index contributed by atoms with van der Waals surface area (Å²) in [4.78, 5) is 30.5. The zero-order valence-electron chi connectivity index (χ0n) is 19.6. The van der Waals surface area contributed by atoms with E-state index in [0.717, 1.165) is 57.5 Å². The van der Waals surface area contributed by atoms with Gasteiger partial charge in [0.25, 0.3) is 0 Å². The number of likely N-dealkylation sites (N-methyl/N-ethyl adjacent to an activating group) is 1. The molecule has 178 valence electrons. The molecule has 0 radical (unpaired) electrons. The van der Waals surface area contributed by atoms with Gasteiger partial charge >= 0.3 is 6.03 Å². The fourth-order valence-corrected chi connectivity index (χ4v) is 4.68. The molecule has 2 fully saturated rings. The van der Waals surface area contributed by atoms with Crippen LogP contribution in [0.4, 0.5) is 4.79 Å². The number of carbonyl (C=O) groups excluding carboxylic acids is 2. The lowest BCUT2D eigenvalue weighted by Gasteiger charge is -2.33. The fraction of sp³-hybridized carbons (Fsp3) is 0.667. The Kier molecular flexibility index (Phi) is 9.05. The molecule has 1 unspecified atom stereocenters. The van der Waals surface area contributed by atoms with Crippen LogP contribution in [0.3, 0.4) is 0 Å². The normalized spacial score (nSPS) is 18.2. The Balaban J connectivity index is 1.55. The maximum absolute atomic E-state index is 12.6. The van der Waals surface area contributed by atoms with E-state index in [2.05, 4.69) is 23.2 Å². The number of carbonyl (C=O) groups is 2. The van der Waals surface area contributed by atoms with E-state index in [1.807, 2.05) is 31.1 Å². The molecule has 2 heterocycles. The Morgan fingerprint density at radius 3 is 2.47 bits per heavy atom. The van der Waals surface area contributed by atoms with Crippen LogP contribution in [0.2, 0.25) is 5.02 Å². The van der Waals surface area contributed by atoms with Gasteiger partial charge < -0.3 is 24.8 Å². The maximum Gasteiger partial charge on any atom is 0.317 e. The summed E-state index contributed by atoms with van der Waals surface area (Å²) in [6.45, 7) is 5.97. The first-order valence-electron chi connectivity index (χ1n) is 11.8. The first-order chi connectivity index (χ1) is 15.4. The summed E-state index contributed by atoms with van der Waals surface area (Å²) in [6.07, 6.45) is 4.84. The molecule has 8 heteroatoms. The van der Waals surface area contributed by atoms with Crippen molar-refractivity contribution in [2.24, 2.45) is 0 Å². The average Bonchev–Trinajstić information content (AvgIpc) is 3.32. The van der Waals surface area contributed by atoms with Crippen molar-refractivity contribution in [2.75, 3.05) is 53.4 Å². The quantitative estimate of drug-likeness (QED) is 0.638. The SMILES string of the molecule is CCC(CN(C)C)Oc1cc(Cl)ccc1C1CCN(C(=O)CNC(=O)N2CCCC2)CC1. The summed E-state index contributed by atoms with van der Waals surface area (Å²) in [6, 6.07) is 5.78. The van der Waals surface area contributed by atoms with Gasteiger partial charge in [0.2, 0.25) is 5.91 Å². The van der Waals surface area contributed by atoms with Gasteiger partial charge in [0.15, 0.2) is 0 Å². The van der Waals surface area contributed by atoms with Crippen LogP contribution < -0.4 is 10.1 Å². The van der Waals surface area contributed by atoms with E-state index in [-0.39, 0.29) is 24.6 Å². The molecule has 32 heavy (non-hydrogen) atoms. The van der Waals surface area contributed by atoms with Crippen LogP contribution in [-0.2, 0) is 4.79 Å². The lowest BCUT2D eigenvalue weighted by atomic mass is 9.88. The third kappa shape index (κ3) is 6.75. The molecule has 0 aromatic heterocycles. The standard InChI is InChI=1S/C24H37ClN4O3/c1-4-20(17-27(2)3)32-22-15-19(25)7-8-21(22)18-9-13-28(14-10-18)23(30)16-26-24(31)29-11-5-6-12-29/h7-8,15,18,20H,4-6,9-14,16-17H2,1-3H3,(H,26,31). The third-order valence-corrected chi connectivity index (χ3v) is 6.60. The van der Waals surface area contributed by atoms with Crippen molar-refractivity contribution >= 4 is 23.5 Å². The third-order valence-electron chi connectivity index (χ3n) is 6.36.